The smallest absolute Gasteiger partial charge is 0.418 e. The molecular formula is C32H41ClN2O4. The number of ether oxygens (including phenoxy) is 2. The molecule has 0 N–H and O–H groups in total. The van der Waals surface area contributed by atoms with Crippen LogP contribution in [0.25, 0.3) is 10.9 Å². The number of aromatic nitrogens is 1. The third-order valence-electron chi connectivity index (χ3n) is 7.21. The van der Waals surface area contributed by atoms with Crippen molar-refractivity contribution in [3.05, 3.63) is 69.9 Å². The van der Waals surface area contributed by atoms with E-state index in [1.54, 1.807) is 10.8 Å². The Morgan fingerprint density at radius 1 is 1.00 bits per heavy atom. The molecule has 1 aliphatic heterocycles. The van der Waals surface area contributed by atoms with Crippen LogP contribution < -0.4 is 0 Å². The maximum Gasteiger partial charge on any atom is 0.418 e. The summed E-state index contributed by atoms with van der Waals surface area (Å²) in [6.07, 6.45) is 3.21. The molecule has 0 aliphatic carbocycles. The van der Waals surface area contributed by atoms with E-state index in [-0.39, 0.29) is 11.9 Å². The van der Waals surface area contributed by atoms with Gasteiger partial charge >= 0.3 is 12.1 Å². The number of esters is 1. The van der Waals surface area contributed by atoms with Gasteiger partial charge in [-0.25, -0.2) is 9.59 Å². The summed E-state index contributed by atoms with van der Waals surface area (Å²) in [5.74, 6) is 0.313. The van der Waals surface area contributed by atoms with Crippen LogP contribution in [0.15, 0.2) is 42.6 Å². The highest BCUT2D eigenvalue weighted by atomic mass is 35.5. The average Bonchev–Trinajstić information content (AvgIpc) is 3.26. The Labute approximate surface area is 237 Å². The SMILES string of the molecule is Cc1cc(Cl)c(C[C@@H]2CCN(C)C[C@H]2c2ccc(C(=O)OC(C)(C)C)cc2)c2ccn(C(=O)OC(C)(C)C)c12. The molecule has 0 amide bonds. The van der Waals surface area contributed by atoms with Crippen molar-refractivity contribution >= 4 is 34.6 Å². The summed E-state index contributed by atoms with van der Waals surface area (Å²) in [7, 11) is 2.15. The highest BCUT2D eigenvalue weighted by Gasteiger charge is 2.31. The molecule has 1 saturated heterocycles. The zero-order chi connectivity index (χ0) is 28.7. The predicted octanol–water partition coefficient (Wildman–Crippen LogP) is 7.62. The Morgan fingerprint density at radius 3 is 2.26 bits per heavy atom. The van der Waals surface area contributed by atoms with Gasteiger partial charge in [0.15, 0.2) is 0 Å². The highest BCUT2D eigenvalue weighted by Crippen LogP contribution is 2.39. The molecule has 7 heteroatoms. The number of benzene rings is 2. The summed E-state index contributed by atoms with van der Waals surface area (Å²) in [5, 5.41) is 1.71. The van der Waals surface area contributed by atoms with Crippen LogP contribution in [0.4, 0.5) is 4.79 Å². The summed E-state index contributed by atoms with van der Waals surface area (Å²) < 4.78 is 12.8. The maximum absolute atomic E-state index is 13.0. The van der Waals surface area contributed by atoms with Crippen molar-refractivity contribution in [1.82, 2.24) is 9.47 Å². The lowest BCUT2D eigenvalue weighted by molar-refractivity contribution is 0.00691. The molecular weight excluding hydrogens is 512 g/mol. The molecule has 0 bridgehead atoms. The minimum atomic E-state index is -0.586. The van der Waals surface area contributed by atoms with Crippen LogP contribution in [0.3, 0.4) is 0 Å². The van der Waals surface area contributed by atoms with Crippen molar-refractivity contribution in [3.8, 4) is 0 Å². The monoisotopic (exact) mass is 552 g/mol. The van der Waals surface area contributed by atoms with Crippen LogP contribution in [0, 0.1) is 12.8 Å². The molecule has 4 rings (SSSR count). The fourth-order valence-electron chi connectivity index (χ4n) is 5.47. The van der Waals surface area contributed by atoms with Crippen molar-refractivity contribution in [3.63, 3.8) is 0 Å². The van der Waals surface area contributed by atoms with Crippen LogP contribution in [0.5, 0.6) is 0 Å². The van der Waals surface area contributed by atoms with Crippen LogP contribution in [0.1, 0.15) is 80.9 Å². The minimum Gasteiger partial charge on any atom is -0.456 e. The van der Waals surface area contributed by atoms with E-state index in [1.807, 2.05) is 72.7 Å². The second-order valence-corrected chi connectivity index (χ2v) is 13.2. The van der Waals surface area contributed by atoms with Crippen LogP contribution in [-0.2, 0) is 15.9 Å². The van der Waals surface area contributed by atoms with E-state index in [2.05, 4.69) is 24.1 Å². The second-order valence-electron chi connectivity index (χ2n) is 12.8. The number of aryl methyl sites for hydroxylation is 1. The van der Waals surface area contributed by atoms with Gasteiger partial charge in [0.25, 0.3) is 0 Å². The third kappa shape index (κ3) is 6.85. The number of rotatable bonds is 4. The van der Waals surface area contributed by atoms with Crippen LogP contribution in [-0.4, -0.2) is 52.9 Å². The fraction of sp³-hybridized carbons (Fsp3) is 0.500. The van der Waals surface area contributed by atoms with Gasteiger partial charge in [0.1, 0.15) is 11.2 Å². The van der Waals surface area contributed by atoms with Crippen molar-refractivity contribution in [2.75, 3.05) is 20.1 Å². The minimum absolute atomic E-state index is 0.275. The summed E-state index contributed by atoms with van der Waals surface area (Å²) in [6.45, 7) is 15.1. The number of piperidine rings is 1. The van der Waals surface area contributed by atoms with Crippen molar-refractivity contribution < 1.29 is 19.1 Å². The third-order valence-corrected chi connectivity index (χ3v) is 7.54. The van der Waals surface area contributed by atoms with Gasteiger partial charge in [-0.2, -0.15) is 0 Å². The Kier molecular flexibility index (Phi) is 8.21. The number of hydrogen-bond acceptors (Lipinski definition) is 5. The quantitative estimate of drug-likeness (QED) is 0.311. The average molecular weight is 553 g/mol. The molecule has 1 aliphatic rings. The molecule has 1 fully saturated rings. The Morgan fingerprint density at radius 2 is 1.64 bits per heavy atom. The molecule has 0 spiro atoms. The lowest BCUT2D eigenvalue weighted by atomic mass is 9.77. The lowest BCUT2D eigenvalue weighted by Crippen LogP contribution is -2.37. The summed E-state index contributed by atoms with van der Waals surface area (Å²) >= 11 is 6.87. The molecule has 2 heterocycles. The Balaban J connectivity index is 1.65. The molecule has 6 nitrogen and oxygen atoms in total. The summed E-state index contributed by atoms with van der Waals surface area (Å²) in [5.41, 5.74) is 3.48. The topological polar surface area (TPSA) is 60.8 Å². The number of carbonyl (C=O) groups is 2. The van der Waals surface area contributed by atoms with E-state index < -0.39 is 17.3 Å². The second kappa shape index (κ2) is 11.0. The van der Waals surface area contributed by atoms with Gasteiger partial charge in [0.2, 0.25) is 0 Å². The molecule has 3 aromatic rings. The molecule has 210 valence electrons. The number of hydrogen-bond donors (Lipinski definition) is 0. The Bertz CT molecular complexity index is 1360. The van der Waals surface area contributed by atoms with E-state index >= 15 is 0 Å². The van der Waals surface area contributed by atoms with E-state index in [0.717, 1.165) is 53.0 Å². The number of nitrogens with zero attached hydrogens (tertiary/aromatic N) is 2. The fourth-order valence-corrected chi connectivity index (χ4v) is 5.82. The van der Waals surface area contributed by atoms with Gasteiger partial charge in [0.05, 0.1) is 11.1 Å². The number of fused-ring (bicyclic) bond motifs is 1. The standard InChI is InChI=1S/C32H41ClN2O4/c1-20-17-27(33)25(24-14-16-35(28(20)24)30(37)39-32(5,6)7)18-23-13-15-34(8)19-26(23)21-9-11-22(12-10-21)29(36)38-31(2,3)4/h9-12,14,16-17,23,26H,13,15,18-19H2,1-8H3/t23-,26-/m0/s1. The molecule has 0 saturated carbocycles. The van der Waals surface area contributed by atoms with E-state index in [9.17, 15) is 9.59 Å². The van der Waals surface area contributed by atoms with Crippen LogP contribution in [0.2, 0.25) is 5.02 Å². The van der Waals surface area contributed by atoms with E-state index in [0.29, 0.717) is 11.5 Å². The van der Waals surface area contributed by atoms with Crippen molar-refractivity contribution in [2.45, 2.75) is 78.4 Å². The first kappa shape index (κ1) is 29.2. The first-order valence-electron chi connectivity index (χ1n) is 13.7. The van der Waals surface area contributed by atoms with Gasteiger partial charge in [-0.05, 0) is 128 Å². The molecule has 39 heavy (non-hydrogen) atoms. The summed E-state index contributed by atoms with van der Waals surface area (Å²) in [4.78, 5) is 27.9. The number of likely N-dealkylation sites (N-methyl/N-ethyl adjacent to an activating group) is 1. The van der Waals surface area contributed by atoms with E-state index in [4.69, 9.17) is 21.1 Å². The predicted molar refractivity (Wildman–Crippen MR) is 157 cm³/mol. The molecule has 2 aromatic carbocycles. The normalized spacial score (nSPS) is 18.8. The van der Waals surface area contributed by atoms with Gasteiger partial charge in [-0.1, -0.05) is 23.7 Å². The number of carbonyl (C=O) groups excluding carboxylic acids is 2. The zero-order valence-electron chi connectivity index (χ0n) is 24.4. The number of halogens is 1. The van der Waals surface area contributed by atoms with Gasteiger partial charge < -0.3 is 14.4 Å². The first-order valence-corrected chi connectivity index (χ1v) is 14.0. The molecule has 0 unspecified atom stereocenters. The number of likely N-dealkylation sites (tertiary alicyclic amines) is 1. The lowest BCUT2D eigenvalue weighted by Gasteiger charge is -2.37. The highest BCUT2D eigenvalue weighted by molar-refractivity contribution is 6.32. The summed E-state index contributed by atoms with van der Waals surface area (Å²) in [6, 6.07) is 11.8. The van der Waals surface area contributed by atoms with Crippen LogP contribution >= 0.6 is 11.6 Å². The van der Waals surface area contributed by atoms with Gasteiger partial charge in [-0.15, -0.1) is 0 Å². The first-order chi connectivity index (χ1) is 18.1. The molecule has 0 radical (unpaired) electrons. The zero-order valence-corrected chi connectivity index (χ0v) is 25.2. The molecule has 2 atom stereocenters. The largest absolute Gasteiger partial charge is 0.456 e. The van der Waals surface area contributed by atoms with Gasteiger partial charge in [-0.3, -0.25) is 4.57 Å². The maximum atomic E-state index is 13.0. The van der Waals surface area contributed by atoms with Gasteiger partial charge in [0, 0.05) is 23.2 Å². The van der Waals surface area contributed by atoms with Crippen molar-refractivity contribution in [1.29, 1.82) is 0 Å². The molecule has 1 aromatic heterocycles. The van der Waals surface area contributed by atoms with Crippen molar-refractivity contribution in [2.24, 2.45) is 5.92 Å². The van der Waals surface area contributed by atoms with E-state index in [1.165, 1.54) is 5.56 Å². The Hall–Kier alpha value is -2.83.